The first kappa shape index (κ1) is 14.2. The van der Waals surface area contributed by atoms with E-state index in [4.69, 9.17) is 4.74 Å². The average molecular weight is 250 g/mol. The summed E-state index contributed by atoms with van der Waals surface area (Å²) in [5.74, 6) is 0. The summed E-state index contributed by atoms with van der Waals surface area (Å²) in [6.45, 7) is 1.53. The number of likely N-dealkylation sites (N-methyl/N-ethyl adjacent to an activating group) is 1. The number of benzene rings is 1. The van der Waals surface area contributed by atoms with Gasteiger partial charge in [-0.3, -0.25) is 9.69 Å². The molecule has 1 radical (unpaired) electrons. The first-order valence-electron chi connectivity index (χ1n) is 5.55. The van der Waals surface area contributed by atoms with Gasteiger partial charge >= 0.3 is 6.09 Å². The second-order valence-electron chi connectivity index (χ2n) is 3.95. The minimum Gasteiger partial charge on any atom is -0.445 e. The van der Waals surface area contributed by atoms with Crippen LogP contribution < -0.4 is 0 Å². The van der Waals surface area contributed by atoms with Gasteiger partial charge in [0.1, 0.15) is 12.6 Å². The van der Waals surface area contributed by atoms with E-state index in [0.29, 0.717) is 0 Å². The molecule has 97 valence electrons. The van der Waals surface area contributed by atoms with Gasteiger partial charge in [-0.15, -0.1) is 0 Å². The van der Waals surface area contributed by atoms with Crippen LogP contribution in [0, 0.1) is 0 Å². The minimum atomic E-state index is -1.02. The molecule has 2 atom stereocenters. The van der Waals surface area contributed by atoms with Gasteiger partial charge in [-0.05, 0) is 12.5 Å². The smallest absolute Gasteiger partial charge is 0.410 e. The van der Waals surface area contributed by atoms with Crippen LogP contribution in [0.1, 0.15) is 12.5 Å². The highest BCUT2D eigenvalue weighted by molar-refractivity contribution is 5.73. The third-order valence-electron chi connectivity index (χ3n) is 2.49. The molecule has 0 saturated heterocycles. The molecule has 0 fully saturated rings. The lowest BCUT2D eigenvalue weighted by Gasteiger charge is -2.24. The fourth-order valence-corrected chi connectivity index (χ4v) is 1.44. The van der Waals surface area contributed by atoms with Crippen molar-refractivity contribution in [2.24, 2.45) is 0 Å². The number of aliphatic hydroxyl groups excluding tert-OH is 1. The number of hydrogen-bond acceptors (Lipinski definition) is 4. The maximum Gasteiger partial charge on any atom is 0.410 e. The Hall–Kier alpha value is -1.88. The highest BCUT2D eigenvalue weighted by Crippen LogP contribution is 2.06. The van der Waals surface area contributed by atoms with Gasteiger partial charge in [0.15, 0.2) is 0 Å². The molecule has 0 spiro atoms. The highest BCUT2D eigenvalue weighted by atomic mass is 16.6. The van der Waals surface area contributed by atoms with Crippen molar-refractivity contribution in [1.82, 2.24) is 4.90 Å². The number of nitrogens with zero attached hydrogens (tertiary/aromatic N) is 1. The number of ether oxygens (including phenoxy) is 1. The largest absolute Gasteiger partial charge is 0.445 e. The van der Waals surface area contributed by atoms with Crippen LogP contribution in [0.5, 0.6) is 0 Å². The molecular weight excluding hydrogens is 234 g/mol. The third-order valence-corrected chi connectivity index (χ3v) is 2.49. The molecule has 18 heavy (non-hydrogen) atoms. The van der Waals surface area contributed by atoms with Gasteiger partial charge in [-0.25, -0.2) is 4.79 Å². The van der Waals surface area contributed by atoms with Crippen LogP contribution in [-0.2, 0) is 16.1 Å². The lowest BCUT2D eigenvalue weighted by atomic mass is 10.2. The molecule has 1 N–H and O–H groups in total. The first-order valence-corrected chi connectivity index (χ1v) is 5.55. The Morgan fingerprint density at radius 3 is 2.56 bits per heavy atom. The fraction of sp³-hybridized carbons (Fsp3) is 0.385. The molecule has 1 amide bonds. The summed E-state index contributed by atoms with van der Waals surface area (Å²) in [5, 5.41) is 9.30. The molecule has 0 saturated carbocycles. The summed E-state index contributed by atoms with van der Waals surface area (Å²) in [4.78, 5) is 23.3. The lowest BCUT2D eigenvalue weighted by Crippen LogP contribution is -2.44. The molecule has 0 unspecified atom stereocenters. The number of amides is 1. The van der Waals surface area contributed by atoms with Crippen molar-refractivity contribution in [3.63, 3.8) is 0 Å². The topological polar surface area (TPSA) is 66.8 Å². The summed E-state index contributed by atoms with van der Waals surface area (Å²) in [6, 6.07) is 8.17. The molecule has 0 aromatic heterocycles. The van der Waals surface area contributed by atoms with Crippen LogP contribution >= 0.6 is 0 Å². The van der Waals surface area contributed by atoms with E-state index in [2.05, 4.69) is 0 Å². The lowest BCUT2D eigenvalue weighted by molar-refractivity contribution is 0.0684. The van der Waals surface area contributed by atoms with E-state index >= 15 is 0 Å². The molecule has 0 aliphatic heterocycles. The number of hydrogen-bond donors (Lipinski definition) is 1. The molecule has 0 aliphatic rings. The van der Waals surface area contributed by atoms with Gasteiger partial charge in [0.2, 0.25) is 6.29 Å². The van der Waals surface area contributed by atoms with Gasteiger partial charge < -0.3 is 9.84 Å². The van der Waals surface area contributed by atoms with Crippen molar-refractivity contribution >= 4 is 12.4 Å². The van der Waals surface area contributed by atoms with E-state index in [1.54, 1.807) is 6.29 Å². The predicted molar refractivity (Wildman–Crippen MR) is 65.6 cm³/mol. The molecule has 1 aromatic carbocycles. The van der Waals surface area contributed by atoms with E-state index in [-0.39, 0.29) is 6.61 Å². The zero-order valence-electron chi connectivity index (χ0n) is 10.4. The van der Waals surface area contributed by atoms with E-state index in [9.17, 15) is 14.7 Å². The Morgan fingerprint density at radius 2 is 2.06 bits per heavy atom. The van der Waals surface area contributed by atoms with Crippen molar-refractivity contribution in [2.75, 3.05) is 7.05 Å². The van der Waals surface area contributed by atoms with Crippen molar-refractivity contribution in [3.05, 3.63) is 35.9 Å². The fourth-order valence-electron chi connectivity index (χ4n) is 1.44. The maximum atomic E-state index is 11.6. The SMILES string of the molecule is C[C@@H](O)[C@@H]([C]=O)N(C)C(=O)OCc1ccccc1. The molecule has 1 aromatic rings. The highest BCUT2D eigenvalue weighted by Gasteiger charge is 2.25. The molecule has 0 bridgehead atoms. The summed E-state index contributed by atoms with van der Waals surface area (Å²) in [6.07, 6.45) is -0.0567. The zero-order chi connectivity index (χ0) is 13.5. The zero-order valence-corrected chi connectivity index (χ0v) is 10.4. The van der Waals surface area contributed by atoms with Crippen molar-refractivity contribution in [1.29, 1.82) is 0 Å². The predicted octanol–water partition coefficient (Wildman–Crippen LogP) is 1.11. The maximum absolute atomic E-state index is 11.6. The van der Waals surface area contributed by atoms with Crippen LogP contribution in [0.15, 0.2) is 30.3 Å². The van der Waals surface area contributed by atoms with E-state index in [1.807, 2.05) is 30.3 Å². The van der Waals surface area contributed by atoms with Crippen LogP contribution in [0.4, 0.5) is 4.79 Å². The van der Waals surface area contributed by atoms with Crippen molar-refractivity contribution in [3.8, 4) is 0 Å². The molecule has 1 rings (SSSR count). The Kier molecular flexibility index (Phi) is 5.32. The van der Waals surface area contributed by atoms with Crippen LogP contribution in [0.25, 0.3) is 0 Å². The molecule has 5 heteroatoms. The molecule has 0 aliphatic carbocycles. The summed E-state index contributed by atoms with van der Waals surface area (Å²) >= 11 is 0. The second-order valence-corrected chi connectivity index (χ2v) is 3.95. The quantitative estimate of drug-likeness (QED) is 0.850. The summed E-state index contributed by atoms with van der Waals surface area (Å²) in [5.41, 5.74) is 0.850. The first-order chi connectivity index (χ1) is 8.56. The van der Waals surface area contributed by atoms with Gasteiger partial charge in [0, 0.05) is 7.05 Å². The van der Waals surface area contributed by atoms with Crippen LogP contribution in [-0.4, -0.2) is 41.6 Å². The Labute approximate surface area is 106 Å². The van der Waals surface area contributed by atoms with Gasteiger partial charge in [-0.2, -0.15) is 0 Å². The number of rotatable bonds is 5. The Bertz CT molecular complexity index is 391. The van der Waals surface area contributed by atoms with Crippen LogP contribution in [0.2, 0.25) is 0 Å². The van der Waals surface area contributed by atoms with E-state index in [0.717, 1.165) is 10.5 Å². The molecule has 5 nitrogen and oxygen atoms in total. The minimum absolute atomic E-state index is 0.120. The molecular formula is C13H16NO4. The Balaban J connectivity index is 2.52. The van der Waals surface area contributed by atoms with Gasteiger partial charge in [0.05, 0.1) is 6.10 Å². The third kappa shape index (κ3) is 3.85. The average Bonchev–Trinajstić information content (AvgIpc) is 2.37. The number of carbonyl (C=O) groups is 1. The summed E-state index contributed by atoms with van der Waals surface area (Å²) in [7, 11) is 1.38. The van der Waals surface area contributed by atoms with Crippen LogP contribution in [0.3, 0.4) is 0 Å². The van der Waals surface area contributed by atoms with Gasteiger partial charge in [-0.1, -0.05) is 30.3 Å². The van der Waals surface area contributed by atoms with E-state index in [1.165, 1.54) is 14.0 Å². The Morgan fingerprint density at radius 1 is 1.44 bits per heavy atom. The van der Waals surface area contributed by atoms with Gasteiger partial charge in [0.25, 0.3) is 0 Å². The number of aliphatic hydroxyl groups is 1. The second kappa shape index (κ2) is 6.76. The van der Waals surface area contributed by atoms with E-state index < -0.39 is 18.2 Å². The summed E-state index contributed by atoms with van der Waals surface area (Å²) < 4.78 is 5.02. The van der Waals surface area contributed by atoms with Crippen molar-refractivity contribution in [2.45, 2.75) is 25.7 Å². The monoisotopic (exact) mass is 250 g/mol. The normalized spacial score (nSPS) is 13.5. The molecule has 0 heterocycles. The van der Waals surface area contributed by atoms with Crippen molar-refractivity contribution < 1.29 is 19.4 Å². The standard InChI is InChI=1S/C13H16NO4/c1-10(16)12(8-15)14(2)13(17)18-9-11-6-4-3-5-7-11/h3-7,10,12,16H,9H2,1-2H3/t10-,12-/m1/s1. The number of carbonyl (C=O) groups excluding carboxylic acids is 2.